The second-order valence-electron chi connectivity index (χ2n) is 7.61. The minimum Gasteiger partial charge on any atom is -0.493 e. The van der Waals surface area contributed by atoms with E-state index in [0.717, 1.165) is 30.5 Å². The third-order valence-corrected chi connectivity index (χ3v) is 5.65. The number of anilines is 2. The number of nitrogens with zero attached hydrogens (tertiary/aromatic N) is 1. The normalized spacial score (nSPS) is 18.2. The molecule has 2 aromatic rings. The van der Waals surface area contributed by atoms with Gasteiger partial charge in [0.1, 0.15) is 5.82 Å². The van der Waals surface area contributed by atoms with Gasteiger partial charge in [-0.25, -0.2) is 4.98 Å². The van der Waals surface area contributed by atoms with Crippen LogP contribution in [0.3, 0.4) is 0 Å². The Labute approximate surface area is 189 Å². The number of hydrogen-bond acceptors (Lipinski definition) is 7. The summed E-state index contributed by atoms with van der Waals surface area (Å²) in [4.78, 5) is 17.0. The lowest BCUT2D eigenvalue weighted by molar-refractivity contribution is -0.117. The zero-order chi connectivity index (χ0) is 22.9. The van der Waals surface area contributed by atoms with Gasteiger partial charge in [-0.2, -0.15) is 0 Å². The Morgan fingerprint density at radius 2 is 1.75 bits per heavy atom. The minimum atomic E-state index is -0.111. The smallest absolute Gasteiger partial charge is 0.244 e. The van der Waals surface area contributed by atoms with Gasteiger partial charge < -0.3 is 30.2 Å². The highest BCUT2D eigenvalue weighted by Gasteiger charge is 2.24. The summed E-state index contributed by atoms with van der Waals surface area (Å²) in [5.41, 5.74) is 1.50. The molecule has 3 rings (SSSR count). The number of carbonyl (C=O) groups is 1. The molecule has 1 saturated carbocycles. The van der Waals surface area contributed by atoms with Gasteiger partial charge in [-0.15, -0.1) is 0 Å². The Morgan fingerprint density at radius 3 is 2.38 bits per heavy atom. The number of aromatic nitrogens is 1. The molecule has 1 aromatic heterocycles. The Bertz CT molecular complexity index is 922. The van der Waals surface area contributed by atoms with Gasteiger partial charge in [0.15, 0.2) is 11.5 Å². The number of benzene rings is 1. The van der Waals surface area contributed by atoms with E-state index in [9.17, 15) is 4.79 Å². The van der Waals surface area contributed by atoms with Crippen LogP contribution in [-0.4, -0.2) is 51.4 Å². The lowest BCUT2D eigenvalue weighted by Gasteiger charge is -2.31. The molecule has 172 valence electrons. The van der Waals surface area contributed by atoms with Crippen molar-refractivity contribution in [1.29, 1.82) is 0 Å². The van der Waals surface area contributed by atoms with E-state index in [1.54, 1.807) is 51.8 Å². The van der Waals surface area contributed by atoms with Crippen LogP contribution in [0.25, 0.3) is 6.08 Å². The van der Waals surface area contributed by atoms with Gasteiger partial charge in [-0.3, -0.25) is 4.79 Å². The van der Waals surface area contributed by atoms with Gasteiger partial charge in [0.05, 0.1) is 21.3 Å². The molecular weight excluding hydrogens is 408 g/mol. The van der Waals surface area contributed by atoms with Crippen LogP contribution in [0, 0.1) is 0 Å². The zero-order valence-electron chi connectivity index (χ0n) is 19.1. The molecule has 2 unspecified atom stereocenters. The molecule has 1 fully saturated rings. The first-order chi connectivity index (χ1) is 15.6. The fourth-order valence-electron chi connectivity index (χ4n) is 3.99. The maximum absolute atomic E-state index is 12.5. The summed E-state index contributed by atoms with van der Waals surface area (Å²) >= 11 is 0. The molecule has 0 spiro atoms. The highest BCUT2D eigenvalue weighted by Crippen LogP contribution is 2.40. The number of ether oxygens (including phenoxy) is 3. The van der Waals surface area contributed by atoms with Crippen LogP contribution in [0.4, 0.5) is 11.5 Å². The molecule has 0 saturated heterocycles. The summed E-state index contributed by atoms with van der Waals surface area (Å²) < 4.78 is 16.2. The number of rotatable bonds is 9. The first-order valence-electron chi connectivity index (χ1n) is 10.8. The van der Waals surface area contributed by atoms with E-state index in [2.05, 4.69) is 20.9 Å². The predicted molar refractivity (Wildman–Crippen MR) is 126 cm³/mol. The van der Waals surface area contributed by atoms with Gasteiger partial charge in [0, 0.05) is 47.7 Å². The van der Waals surface area contributed by atoms with E-state index in [1.165, 1.54) is 6.42 Å². The van der Waals surface area contributed by atoms with Crippen molar-refractivity contribution in [2.45, 2.75) is 37.8 Å². The number of pyridine rings is 1. The molecule has 1 amide bonds. The highest BCUT2D eigenvalue weighted by molar-refractivity contribution is 5.93. The van der Waals surface area contributed by atoms with Crippen LogP contribution in [0.2, 0.25) is 0 Å². The molecule has 1 aromatic carbocycles. The number of methoxy groups -OCH3 is 3. The van der Waals surface area contributed by atoms with E-state index in [1.807, 2.05) is 19.2 Å². The lowest BCUT2D eigenvalue weighted by atomic mass is 9.90. The van der Waals surface area contributed by atoms with E-state index in [4.69, 9.17) is 14.2 Å². The molecule has 2 atom stereocenters. The summed E-state index contributed by atoms with van der Waals surface area (Å²) in [7, 11) is 6.65. The van der Waals surface area contributed by atoms with Crippen LogP contribution in [0.15, 0.2) is 36.5 Å². The molecule has 0 radical (unpaired) electrons. The highest BCUT2D eigenvalue weighted by atomic mass is 16.5. The second kappa shape index (κ2) is 11.4. The molecule has 0 aliphatic heterocycles. The molecule has 8 heteroatoms. The Hall–Kier alpha value is -3.26. The standard InChI is InChI=1S/C24H32N4O4/c1-25-18-9-5-6-10-19(18)28-22(29)12-11-16-8-7-13-26-24(16)27-17-14-20(30-2)23(32-4)21(15-17)31-3/h7-8,11-15,18-19,25H,5-6,9-10H2,1-4H3,(H,26,27)(H,28,29)/b12-11+. The van der Waals surface area contributed by atoms with Gasteiger partial charge in [0.25, 0.3) is 0 Å². The largest absolute Gasteiger partial charge is 0.493 e. The summed E-state index contributed by atoms with van der Waals surface area (Å²) in [6, 6.07) is 7.80. The Morgan fingerprint density at radius 1 is 1.06 bits per heavy atom. The Balaban J connectivity index is 1.75. The van der Waals surface area contributed by atoms with Crippen molar-refractivity contribution >= 4 is 23.5 Å². The van der Waals surface area contributed by atoms with E-state index >= 15 is 0 Å². The van der Waals surface area contributed by atoms with Crippen molar-refractivity contribution in [1.82, 2.24) is 15.6 Å². The van der Waals surface area contributed by atoms with Crippen LogP contribution in [0.1, 0.15) is 31.2 Å². The maximum Gasteiger partial charge on any atom is 0.244 e. The van der Waals surface area contributed by atoms with Crippen molar-refractivity contribution in [3.8, 4) is 17.2 Å². The van der Waals surface area contributed by atoms with Crippen molar-refractivity contribution < 1.29 is 19.0 Å². The first kappa shape index (κ1) is 23.4. The number of hydrogen-bond donors (Lipinski definition) is 3. The summed E-state index contributed by atoms with van der Waals surface area (Å²) in [5, 5.41) is 9.71. The zero-order valence-corrected chi connectivity index (χ0v) is 19.1. The third kappa shape index (κ3) is 5.70. The van der Waals surface area contributed by atoms with Crippen molar-refractivity contribution in [2.75, 3.05) is 33.7 Å². The average Bonchev–Trinajstić information content (AvgIpc) is 2.83. The van der Waals surface area contributed by atoms with E-state index in [0.29, 0.717) is 29.1 Å². The minimum absolute atomic E-state index is 0.111. The number of likely N-dealkylation sites (N-methyl/N-ethyl adjacent to an activating group) is 1. The molecule has 1 aliphatic carbocycles. The van der Waals surface area contributed by atoms with Crippen LogP contribution in [0.5, 0.6) is 17.2 Å². The molecular formula is C24H32N4O4. The van der Waals surface area contributed by atoms with Crippen LogP contribution >= 0.6 is 0 Å². The fraction of sp³-hybridized carbons (Fsp3) is 0.417. The predicted octanol–water partition coefficient (Wildman–Crippen LogP) is 3.51. The van der Waals surface area contributed by atoms with Crippen molar-refractivity contribution in [3.63, 3.8) is 0 Å². The number of nitrogens with one attached hydrogen (secondary N) is 3. The molecule has 8 nitrogen and oxygen atoms in total. The van der Waals surface area contributed by atoms with Crippen LogP contribution in [-0.2, 0) is 4.79 Å². The number of amides is 1. The SMILES string of the molecule is CNC1CCCCC1NC(=O)/C=C/c1cccnc1Nc1cc(OC)c(OC)c(OC)c1. The quantitative estimate of drug-likeness (QED) is 0.514. The molecule has 3 N–H and O–H groups in total. The van der Waals surface area contributed by atoms with E-state index < -0.39 is 0 Å². The van der Waals surface area contributed by atoms with Gasteiger partial charge in [-0.05, 0) is 38.1 Å². The Kier molecular flexibility index (Phi) is 8.33. The molecule has 1 aliphatic rings. The van der Waals surface area contributed by atoms with Crippen LogP contribution < -0.4 is 30.2 Å². The maximum atomic E-state index is 12.5. The van der Waals surface area contributed by atoms with Gasteiger partial charge >= 0.3 is 0 Å². The monoisotopic (exact) mass is 440 g/mol. The topological polar surface area (TPSA) is 93.7 Å². The first-order valence-corrected chi connectivity index (χ1v) is 10.8. The number of carbonyl (C=O) groups excluding carboxylic acids is 1. The third-order valence-electron chi connectivity index (χ3n) is 5.65. The molecule has 32 heavy (non-hydrogen) atoms. The van der Waals surface area contributed by atoms with Crippen molar-refractivity contribution in [3.05, 3.63) is 42.1 Å². The molecule has 0 bridgehead atoms. The summed E-state index contributed by atoms with van der Waals surface area (Å²) in [6.45, 7) is 0. The van der Waals surface area contributed by atoms with Gasteiger partial charge in [-0.1, -0.05) is 12.8 Å². The lowest BCUT2D eigenvalue weighted by Crippen LogP contribution is -2.50. The van der Waals surface area contributed by atoms with Crippen molar-refractivity contribution in [2.24, 2.45) is 0 Å². The summed E-state index contributed by atoms with van der Waals surface area (Å²) in [6.07, 6.45) is 9.41. The fourth-order valence-corrected chi connectivity index (χ4v) is 3.99. The average molecular weight is 441 g/mol. The molecule has 1 heterocycles. The second-order valence-corrected chi connectivity index (χ2v) is 7.61. The van der Waals surface area contributed by atoms with Gasteiger partial charge in [0.2, 0.25) is 11.7 Å². The summed E-state index contributed by atoms with van der Waals surface area (Å²) in [5.74, 6) is 2.08. The van der Waals surface area contributed by atoms with E-state index in [-0.39, 0.29) is 11.9 Å².